The van der Waals surface area contributed by atoms with Crippen LogP contribution in [-0.4, -0.2) is 22.2 Å². The number of phenols is 1. The number of phenolic OH excluding ortho intramolecular Hbond substituents is 1. The summed E-state index contributed by atoms with van der Waals surface area (Å²) < 4.78 is 81.7. The fraction of sp³-hybridized carbons (Fsp3) is 0.217. The zero-order valence-electron chi connectivity index (χ0n) is 17.6. The van der Waals surface area contributed by atoms with Crippen LogP contribution in [0, 0.1) is 13.8 Å². The second kappa shape index (κ2) is 8.76. The van der Waals surface area contributed by atoms with Crippen LogP contribution < -0.4 is 4.74 Å². The van der Waals surface area contributed by atoms with Crippen LogP contribution in [0.15, 0.2) is 48.5 Å². The summed E-state index contributed by atoms with van der Waals surface area (Å²) in [5.74, 6) is 0.178. The molecule has 0 saturated heterocycles. The average molecular weight is 468 g/mol. The Balaban J connectivity index is 0.000000186. The molecule has 2 aromatic heterocycles. The van der Waals surface area contributed by atoms with Crippen LogP contribution in [0.4, 0.5) is 26.3 Å². The highest BCUT2D eigenvalue weighted by molar-refractivity contribution is 5.85. The van der Waals surface area contributed by atoms with E-state index in [0.717, 1.165) is 18.2 Å². The van der Waals surface area contributed by atoms with E-state index in [1.807, 2.05) is 0 Å². The van der Waals surface area contributed by atoms with Gasteiger partial charge in [0.1, 0.15) is 11.5 Å². The van der Waals surface area contributed by atoms with Crippen molar-refractivity contribution in [2.75, 3.05) is 7.11 Å². The minimum Gasteiger partial charge on any atom is -0.508 e. The van der Waals surface area contributed by atoms with Gasteiger partial charge in [-0.25, -0.2) is 0 Å². The Kier molecular flexibility index (Phi) is 6.40. The molecule has 0 amide bonds. The highest BCUT2D eigenvalue weighted by Gasteiger charge is 2.34. The number of hydrogen-bond acceptors (Lipinski definition) is 4. The molecule has 174 valence electrons. The number of hydrogen-bond donors (Lipinski definition) is 1. The first-order valence-corrected chi connectivity index (χ1v) is 9.50. The number of ether oxygens (including phenoxy) is 1. The second-order valence-electron chi connectivity index (χ2n) is 7.20. The standard InChI is InChI=1S/C12H10F3NO.C11H8F3NO/c1-7-5-10(12(13,14)15)9-6-8(17-2)3-4-11(9)16-7;1-6-4-9(11(12,13)14)8-5-7(16)2-3-10(8)15-6/h3-6H,1-2H3;2-5,16H,1H3. The topological polar surface area (TPSA) is 55.2 Å². The van der Waals surface area contributed by atoms with Gasteiger partial charge in [0.25, 0.3) is 0 Å². The number of alkyl halides is 6. The number of nitrogens with zero attached hydrogens (tertiary/aromatic N) is 2. The van der Waals surface area contributed by atoms with E-state index < -0.39 is 23.5 Å². The largest absolute Gasteiger partial charge is 0.508 e. The number of halogens is 6. The lowest BCUT2D eigenvalue weighted by molar-refractivity contribution is -0.137. The molecular weight excluding hydrogens is 450 g/mol. The zero-order chi connectivity index (χ0) is 24.6. The van der Waals surface area contributed by atoms with E-state index in [1.165, 1.54) is 38.3 Å². The Morgan fingerprint density at radius 2 is 1.15 bits per heavy atom. The van der Waals surface area contributed by atoms with Gasteiger partial charge in [-0.05, 0) is 62.4 Å². The lowest BCUT2D eigenvalue weighted by Crippen LogP contribution is -2.07. The normalized spacial score (nSPS) is 11.9. The number of aromatic hydroxyl groups is 1. The number of aromatic nitrogens is 2. The molecule has 1 N–H and O–H groups in total. The summed E-state index contributed by atoms with van der Waals surface area (Å²) in [4.78, 5) is 8.05. The SMILES string of the molecule is COc1ccc2nc(C)cc(C(F)(F)F)c2c1.Cc1cc(C(F)(F)F)c2cc(O)ccc2n1. The second-order valence-corrected chi connectivity index (χ2v) is 7.20. The van der Waals surface area contributed by atoms with Gasteiger partial charge in [0.05, 0.1) is 29.3 Å². The summed E-state index contributed by atoms with van der Waals surface area (Å²) in [7, 11) is 1.41. The van der Waals surface area contributed by atoms with Crippen LogP contribution in [0.25, 0.3) is 21.8 Å². The number of aryl methyl sites for hydroxylation is 2. The Bertz CT molecular complexity index is 1320. The first kappa shape index (κ1) is 24.1. The molecule has 0 saturated carbocycles. The van der Waals surface area contributed by atoms with Crippen LogP contribution in [-0.2, 0) is 12.4 Å². The molecular formula is C23H18F6N2O2. The zero-order valence-corrected chi connectivity index (χ0v) is 17.6. The first-order chi connectivity index (χ1) is 15.3. The van der Waals surface area contributed by atoms with Crippen molar-refractivity contribution in [3.63, 3.8) is 0 Å². The lowest BCUT2D eigenvalue weighted by atomic mass is 10.1. The van der Waals surface area contributed by atoms with E-state index in [-0.39, 0.29) is 22.0 Å². The molecule has 4 nitrogen and oxygen atoms in total. The van der Waals surface area contributed by atoms with Gasteiger partial charge in [0.2, 0.25) is 0 Å². The van der Waals surface area contributed by atoms with Gasteiger partial charge >= 0.3 is 12.4 Å². The highest BCUT2D eigenvalue weighted by Crippen LogP contribution is 2.37. The molecule has 0 spiro atoms. The number of benzene rings is 2. The predicted molar refractivity (Wildman–Crippen MR) is 111 cm³/mol. The summed E-state index contributed by atoms with van der Waals surface area (Å²) >= 11 is 0. The van der Waals surface area contributed by atoms with E-state index in [4.69, 9.17) is 4.74 Å². The molecule has 0 unspecified atom stereocenters. The summed E-state index contributed by atoms with van der Waals surface area (Å²) in [5, 5.41) is 9.17. The average Bonchev–Trinajstić information content (AvgIpc) is 2.71. The molecule has 0 radical (unpaired) electrons. The van der Waals surface area contributed by atoms with Crippen LogP contribution in [0.1, 0.15) is 22.5 Å². The summed E-state index contributed by atoms with van der Waals surface area (Å²) in [6.07, 6.45) is -8.84. The van der Waals surface area contributed by atoms with Crippen LogP contribution >= 0.6 is 0 Å². The molecule has 0 atom stereocenters. The van der Waals surface area contributed by atoms with Gasteiger partial charge in [-0.3, -0.25) is 9.97 Å². The maximum atomic E-state index is 12.9. The maximum absolute atomic E-state index is 12.9. The third-order valence-corrected chi connectivity index (χ3v) is 4.68. The summed E-state index contributed by atoms with van der Waals surface area (Å²) in [6.45, 7) is 3.04. The van der Waals surface area contributed by atoms with Crippen molar-refractivity contribution in [3.05, 3.63) is 71.0 Å². The van der Waals surface area contributed by atoms with Gasteiger partial charge in [0, 0.05) is 22.2 Å². The van der Waals surface area contributed by atoms with Crippen molar-refractivity contribution in [2.24, 2.45) is 0 Å². The number of methoxy groups -OCH3 is 1. The Morgan fingerprint density at radius 3 is 1.61 bits per heavy atom. The van der Waals surface area contributed by atoms with Gasteiger partial charge in [-0.15, -0.1) is 0 Å². The molecule has 4 rings (SSSR count). The third-order valence-electron chi connectivity index (χ3n) is 4.68. The highest BCUT2D eigenvalue weighted by atomic mass is 19.4. The number of fused-ring (bicyclic) bond motifs is 2. The molecule has 10 heteroatoms. The van der Waals surface area contributed by atoms with Crippen molar-refractivity contribution in [1.82, 2.24) is 9.97 Å². The fourth-order valence-electron chi connectivity index (χ4n) is 3.28. The molecule has 0 bridgehead atoms. The molecule has 2 heterocycles. The monoisotopic (exact) mass is 468 g/mol. The van der Waals surface area contributed by atoms with E-state index in [0.29, 0.717) is 22.7 Å². The molecule has 33 heavy (non-hydrogen) atoms. The van der Waals surface area contributed by atoms with Crippen LogP contribution in [0.3, 0.4) is 0 Å². The predicted octanol–water partition coefficient (Wildman–Crippen LogP) is 6.84. The fourth-order valence-corrected chi connectivity index (χ4v) is 3.28. The van der Waals surface area contributed by atoms with Crippen molar-refractivity contribution in [1.29, 1.82) is 0 Å². The Labute approximate surface area is 184 Å². The molecule has 0 aliphatic rings. The molecule has 0 aliphatic heterocycles. The third kappa shape index (κ3) is 5.44. The minimum atomic E-state index is -4.44. The smallest absolute Gasteiger partial charge is 0.417 e. The van der Waals surface area contributed by atoms with E-state index in [2.05, 4.69) is 9.97 Å². The molecule has 2 aromatic carbocycles. The van der Waals surface area contributed by atoms with Gasteiger partial charge < -0.3 is 9.84 Å². The molecule has 4 aromatic rings. The lowest BCUT2D eigenvalue weighted by Gasteiger charge is -2.12. The first-order valence-electron chi connectivity index (χ1n) is 9.50. The van der Waals surface area contributed by atoms with Crippen molar-refractivity contribution in [2.45, 2.75) is 26.2 Å². The van der Waals surface area contributed by atoms with E-state index >= 15 is 0 Å². The molecule has 0 aliphatic carbocycles. The van der Waals surface area contributed by atoms with Crippen molar-refractivity contribution in [3.8, 4) is 11.5 Å². The Morgan fingerprint density at radius 1 is 0.697 bits per heavy atom. The summed E-state index contributed by atoms with van der Waals surface area (Å²) in [6, 6.07) is 10.2. The van der Waals surface area contributed by atoms with E-state index in [9.17, 15) is 31.4 Å². The van der Waals surface area contributed by atoms with Crippen molar-refractivity contribution >= 4 is 21.8 Å². The van der Waals surface area contributed by atoms with Crippen LogP contribution in [0.5, 0.6) is 11.5 Å². The van der Waals surface area contributed by atoms with Crippen molar-refractivity contribution < 1.29 is 36.2 Å². The van der Waals surface area contributed by atoms with E-state index in [1.54, 1.807) is 13.0 Å². The minimum absolute atomic E-state index is 0.0578. The van der Waals surface area contributed by atoms with Gasteiger partial charge in [0.15, 0.2) is 0 Å². The Hall–Kier alpha value is -3.56. The number of rotatable bonds is 1. The van der Waals surface area contributed by atoms with Gasteiger partial charge in [-0.2, -0.15) is 26.3 Å². The van der Waals surface area contributed by atoms with Crippen LogP contribution in [0.2, 0.25) is 0 Å². The summed E-state index contributed by atoms with van der Waals surface area (Å²) in [5.41, 5.74) is -0.270. The quantitative estimate of drug-likeness (QED) is 0.311. The maximum Gasteiger partial charge on any atom is 0.417 e. The van der Waals surface area contributed by atoms with Gasteiger partial charge in [-0.1, -0.05) is 0 Å². The number of pyridine rings is 2. The molecule has 0 fully saturated rings.